The molecule has 2 aromatic rings. The molecule has 0 radical (unpaired) electrons. The van der Waals surface area contributed by atoms with Crippen LogP contribution in [0.4, 0.5) is 4.39 Å². The fourth-order valence-electron chi connectivity index (χ4n) is 1.61. The van der Waals surface area contributed by atoms with Crippen molar-refractivity contribution in [2.75, 3.05) is 0 Å². The molecule has 0 spiro atoms. The highest BCUT2D eigenvalue weighted by Crippen LogP contribution is 2.25. The topological polar surface area (TPSA) is 29.5 Å². The van der Waals surface area contributed by atoms with Crippen molar-refractivity contribution in [2.24, 2.45) is 0 Å². The van der Waals surface area contributed by atoms with Gasteiger partial charge in [0.25, 0.3) is 0 Å². The van der Waals surface area contributed by atoms with E-state index in [-0.39, 0.29) is 13.2 Å². The molecule has 0 aliphatic heterocycles. The summed E-state index contributed by atoms with van der Waals surface area (Å²) in [4.78, 5) is 0. The highest BCUT2D eigenvalue weighted by molar-refractivity contribution is 6.35. The first-order valence-corrected chi connectivity index (χ1v) is 6.32. The fourth-order valence-corrected chi connectivity index (χ4v) is 2.07. The van der Waals surface area contributed by atoms with E-state index in [1.807, 2.05) is 0 Å². The molecule has 0 saturated heterocycles. The van der Waals surface area contributed by atoms with E-state index in [0.29, 0.717) is 21.4 Å². The van der Waals surface area contributed by atoms with Crippen LogP contribution in [0.5, 0.6) is 5.75 Å². The lowest BCUT2D eigenvalue weighted by Gasteiger charge is -2.11. The molecule has 0 aliphatic carbocycles. The highest BCUT2D eigenvalue weighted by Gasteiger charge is 2.07. The van der Waals surface area contributed by atoms with Gasteiger partial charge in [-0.05, 0) is 30.3 Å². The maximum absolute atomic E-state index is 13.0. The molecule has 0 fully saturated rings. The third-order valence-corrected chi connectivity index (χ3v) is 3.18. The summed E-state index contributed by atoms with van der Waals surface area (Å²) in [5, 5.41) is 10.2. The molecule has 0 heterocycles. The van der Waals surface area contributed by atoms with Crippen LogP contribution in [0.2, 0.25) is 10.0 Å². The van der Waals surface area contributed by atoms with E-state index < -0.39 is 5.82 Å². The van der Waals surface area contributed by atoms with Crippen molar-refractivity contribution in [3.63, 3.8) is 0 Å². The van der Waals surface area contributed by atoms with Gasteiger partial charge in [-0.25, -0.2) is 4.39 Å². The minimum atomic E-state index is -0.416. The maximum Gasteiger partial charge on any atom is 0.125 e. The first kappa shape index (κ1) is 14.1. The van der Waals surface area contributed by atoms with Crippen molar-refractivity contribution in [1.29, 1.82) is 0 Å². The quantitative estimate of drug-likeness (QED) is 0.917. The Bertz CT molecular complexity index is 588. The number of benzene rings is 2. The molecule has 2 rings (SSSR count). The Morgan fingerprint density at radius 3 is 2.53 bits per heavy atom. The van der Waals surface area contributed by atoms with E-state index in [4.69, 9.17) is 33.0 Å². The minimum absolute atomic E-state index is 0.217. The number of aliphatic hydroxyl groups excluding tert-OH is 1. The van der Waals surface area contributed by atoms with E-state index in [1.165, 1.54) is 18.2 Å². The molecular formula is C14H11Cl2FO2. The number of hydrogen-bond donors (Lipinski definition) is 1. The first-order valence-electron chi connectivity index (χ1n) is 5.56. The zero-order valence-corrected chi connectivity index (χ0v) is 11.4. The Hall–Kier alpha value is -1.29. The van der Waals surface area contributed by atoms with Gasteiger partial charge in [-0.15, -0.1) is 0 Å². The second-order valence-corrected chi connectivity index (χ2v) is 4.78. The van der Waals surface area contributed by atoms with Gasteiger partial charge in [0.1, 0.15) is 18.2 Å². The van der Waals surface area contributed by atoms with Gasteiger partial charge in [0, 0.05) is 21.2 Å². The summed E-state index contributed by atoms with van der Waals surface area (Å²) in [6.07, 6.45) is 0. The number of rotatable bonds is 4. The third-order valence-electron chi connectivity index (χ3n) is 2.59. The van der Waals surface area contributed by atoms with Gasteiger partial charge in [0.05, 0.1) is 6.61 Å². The Labute approximate surface area is 120 Å². The number of hydrogen-bond acceptors (Lipinski definition) is 2. The maximum atomic E-state index is 13.0. The normalized spacial score (nSPS) is 10.5. The zero-order valence-electron chi connectivity index (χ0n) is 9.87. The van der Waals surface area contributed by atoms with Crippen molar-refractivity contribution in [1.82, 2.24) is 0 Å². The van der Waals surface area contributed by atoms with E-state index in [9.17, 15) is 4.39 Å². The molecule has 100 valence electrons. The van der Waals surface area contributed by atoms with Crippen LogP contribution >= 0.6 is 23.2 Å². The van der Waals surface area contributed by atoms with Gasteiger partial charge in [0.15, 0.2) is 0 Å². The molecule has 0 aliphatic rings. The zero-order chi connectivity index (χ0) is 13.8. The number of aliphatic hydroxyl groups is 1. The molecule has 0 atom stereocenters. The van der Waals surface area contributed by atoms with Gasteiger partial charge in [-0.2, -0.15) is 0 Å². The minimum Gasteiger partial charge on any atom is -0.488 e. The molecular weight excluding hydrogens is 290 g/mol. The van der Waals surface area contributed by atoms with Crippen LogP contribution in [0.1, 0.15) is 11.1 Å². The standard InChI is InChI=1S/C14H11Cl2FO2/c15-11-2-1-9(13(16)6-11)8-19-14-4-3-12(17)5-10(14)7-18/h1-6,18H,7-8H2. The molecule has 0 aromatic heterocycles. The summed E-state index contributed by atoms with van der Waals surface area (Å²) in [5.74, 6) is 0.0100. The van der Waals surface area contributed by atoms with E-state index >= 15 is 0 Å². The molecule has 0 bridgehead atoms. The van der Waals surface area contributed by atoms with Crippen LogP contribution in [0.3, 0.4) is 0 Å². The molecule has 2 nitrogen and oxygen atoms in total. The molecule has 0 amide bonds. The van der Waals surface area contributed by atoms with Gasteiger partial charge in [0.2, 0.25) is 0 Å². The van der Waals surface area contributed by atoms with Crippen molar-refractivity contribution >= 4 is 23.2 Å². The fraction of sp³-hybridized carbons (Fsp3) is 0.143. The Balaban J connectivity index is 2.14. The molecule has 1 N–H and O–H groups in total. The highest BCUT2D eigenvalue weighted by atomic mass is 35.5. The van der Waals surface area contributed by atoms with Crippen LogP contribution < -0.4 is 4.74 Å². The van der Waals surface area contributed by atoms with Gasteiger partial charge >= 0.3 is 0 Å². The Morgan fingerprint density at radius 1 is 1.05 bits per heavy atom. The summed E-state index contributed by atoms with van der Waals surface area (Å²) < 4.78 is 18.5. The van der Waals surface area contributed by atoms with Crippen molar-refractivity contribution in [3.05, 3.63) is 63.4 Å². The average Bonchev–Trinajstić information content (AvgIpc) is 2.39. The summed E-state index contributed by atoms with van der Waals surface area (Å²) in [6, 6.07) is 9.08. The Kier molecular flexibility index (Phi) is 4.64. The van der Waals surface area contributed by atoms with Crippen LogP contribution in [0, 0.1) is 5.82 Å². The first-order chi connectivity index (χ1) is 9.10. The average molecular weight is 301 g/mol. The smallest absolute Gasteiger partial charge is 0.125 e. The number of ether oxygens (including phenoxy) is 1. The summed E-state index contributed by atoms with van der Waals surface area (Å²) in [5.41, 5.74) is 1.16. The molecule has 2 aromatic carbocycles. The van der Waals surface area contributed by atoms with E-state index in [2.05, 4.69) is 0 Å². The van der Waals surface area contributed by atoms with E-state index in [0.717, 1.165) is 5.56 Å². The third kappa shape index (κ3) is 3.60. The van der Waals surface area contributed by atoms with E-state index in [1.54, 1.807) is 18.2 Å². The van der Waals surface area contributed by atoms with Crippen LogP contribution in [0.15, 0.2) is 36.4 Å². The predicted octanol–water partition coefficient (Wildman–Crippen LogP) is 4.20. The monoisotopic (exact) mass is 300 g/mol. The second-order valence-electron chi connectivity index (χ2n) is 3.93. The lowest BCUT2D eigenvalue weighted by molar-refractivity contribution is 0.258. The SMILES string of the molecule is OCc1cc(F)ccc1OCc1ccc(Cl)cc1Cl. The van der Waals surface area contributed by atoms with Crippen molar-refractivity contribution in [3.8, 4) is 5.75 Å². The Morgan fingerprint density at radius 2 is 1.84 bits per heavy atom. The van der Waals surface area contributed by atoms with Crippen molar-refractivity contribution in [2.45, 2.75) is 13.2 Å². The van der Waals surface area contributed by atoms with Crippen molar-refractivity contribution < 1.29 is 14.2 Å². The summed E-state index contributed by atoms with van der Waals surface area (Å²) in [6.45, 7) is -0.0733. The summed E-state index contributed by atoms with van der Waals surface area (Å²) >= 11 is 11.8. The summed E-state index contributed by atoms with van der Waals surface area (Å²) in [7, 11) is 0. The van der Waals surface area contributed by atoms with Crippen LogP contribution in [-0.4, -0.2) is 5.11 Å². The van der Waals surface area contributed by atoms with Gasteiger partial charge < -0.3 is 9.84 Å². The molecule has 0 unspecified atom stereocenters. The van der Waals surface area contributed by atoms with Crippen LogP contribution in [-0.2, 0) is 13.2 Å². The predicted molar refractivity (Wildman–Crippen MR) is 73.1 cm³/mol. The molecule has 0 saturated carbocycles. The van der Waals surface area contributed by atoms with Gasteiger partial charge in [-0.3, -0.25) is 0 Å². The lowest BCUT2D eigenvalue weighted by Crippen LogP contribution is -2.00. The van der Waals surface area contributed by atoms with Gasteiger partial charge in [-0.1, -0.05) is 29.3 Å². The van der Waals surface area contributed by atoms with Crippen LogP contribution in [0.25, 0.3) is 0 Å². The molecule has 5 heteroatoms. The molecule has 19 heavy (non-hydrogen) atoms. The number of halogens is 3. The largest absolute Gasteiger partial charge is 0.488 e. The second kappa shape index (κ2) is 6.24. The lowest BCUT2D eigenvalue weighted by atomic mass is 10.2.